The Morgan fingerprint density at radius 3 is 2.15 bits per heavy atom. The van der Waals surface area contributed by atoms with Gasteiger partial charge in [-0.05, 0) is 47.9 Å². The van der Waals surface area contributed by atoms with Gasteiger partial charge < -0.3 is 19.5 Å². The Balaban J connectivity index is 1.77. The van der Waals surface area contributed by atoms with Gasteiger partial charge in [0.15, 0.2) is 5.76 Å². The number of hydrogen-bond donors (Lipinski definition) is 1. The average molecular weight is 443 g/mol. The quantitative estimate of drug-likeness (QED) is 0.552. The van der Waals surface area contributed by atoms with E-state index in [1.54, 1.807) is 36.3 Å². The number of aryl methyl sites for hydroxylation is 1. The summed E-state index contributed by atoms with van der Waals surface area (Å²) in [6.07, 6.45) is 0. The standard InChI is InChI=1S/C27H25NO5/c1-17-4-8-19(9-5-17)23-24(20-10-12-21(13-11-20)27(31)33-3)28(26(30)25(23)29)16-18-6-14-22(32-2)15-7-18/h4-15,24,29H,16H2,1-3H3. The zero-order chi connectivity index (χ0) is 23.5. The molecule has 0 fully saturated rings. The van der Waals surface area contributed by atoms with E-state index in [9.17, 15) is 14.7 Å². The second-order valence-corrected chi connectivity index (χ2v) is 7.93. The highest BCUT2D eigenvalue weighted by molar-refractivity contribution is 6.05. The van der Waals surface area contributed by atoms with Crippen molar-refractivity contribution in [2.24, 2.45) is 0 Å². The molecule has 0 bridgehead atoms. The van der Waals surface area contributed by atoms with Crippen LogP contribution in [0.2, 0.25) is 0 Å². The highest BCUT2D eigenvalue weighted by atomic mass is 16.5. The number of rotatable bonds is 6. The largest absolute Gasteiger partial charge is 0.503 e. The minimum atomic E-state index is -0.519. The lowest BCUT2D eigenvalue weighted by atomic mass is 9.92. The molecule has 0 radical (unpaired) electrons. The zero-order valence-corrected chi connectivity index (χ0v) is 18.7. The number of amides is 1. The van der Waals surface area contributed by atoms with E-state index >= 15 is 0 Å². The maximum atomic E-state index is 13.2. The van der Waals surface area contributed by atoms with Gasteiger partial charge in [0.1, 0.15) is 5.75 Å². The molecule has 6 nitrogen and oxygen atoms in total. The van der Waals surface area contributed by atoms with Gasteiger partial charge in [-0.1, -0.05) is 54.1 Å². The summed E-state index contributed by atoms with van der Waals surface area (Å²) in [5.74, 6) is -0.420. The first-order valence-electron chi connectivity index (χ1n) is 10.5. The lowest BCUT2D eigenvalue weighted by molar-refractivity contribution is -0.130. The molecule has 3 aromatic rings. The summed E-state index contributed by atoms with van der Waals surface area (Å²) in [6, 6.07) is 21.6. The summed E-state index contributed by atoms with van der Waals surface area (Å²) in [5.41, 5.74) is 4.49. The zero-order valence-electron chi connectivity index (χ0n) is 18.7. The number of carbonyl (C=O) groups excluding carboxylic acids is 2. The first kappa shape index (κ1) is 22.1. The third-order valence-corrected chi connectivity index (χ3v) is 5.83. The number of ether oxygens (including phenoxy) is 2. The Bertz CT molecular complexity index is 1190. The van der Waals surface area contributed by atoms with E-state index in [-0.39, 0.29) is 5.76 Å². The van der Waals surface area contributed by atoms with Gasteiger partial charge in [0, 0.05) is 12.1 Å². The SMILES string of the molecule is COC(=O)c1ccc(C2C(c3ccc(C)cc3)=C(O)C(=O)N2Cc2ccc(OC)cc2)cc1. The molecule has 0 spiro atoms. The third-order valence-electron chi connectivity index (χ3n) is 5.83. The van der Waals surface area contributed by atoms with E-state index < -0.39 is 17.9 Å². The number of hydrogen-bond acceptors (Lipinski definition) is 5. The van der Waals surface area contributed by atoms with Gasteiger partial charge in [0.25, 0.3) is 5.91 Å². The van der Waals surface area contributed by atoms with Gasteiger partial charge in [-0.3, -0.25) is 4.79 Å². The van der Waals surface area contributed by atoms with E-state index in [1.807, 2.05) is 55.5 Å². The molecule has 0 aliphatic carbocycles. The fraction of sp³-hybridized carbons (Fsp3) is 0.185. The predicted octanol–water partition coefficient (Wildman–Crippen LogP) is 4.84. The number of aliphatic hydroxyl groups excluding tert-OH is 1. The van der Waals surface area contributed by atoms with Crippen LogP contribution in [0, 0.1) is 6.92 Å². The first-order valence-corrected chi connectivity index (χ1v) is 10.5. The number of nitrogens with zero attached hydrogens (tertiary/aromatic N) is 1. The molecular formula is C27H25NO5. The predicted molar refractivity (Wildman–Crippen MR) is 125 cm³/mol. The highest BCUT2D eigenvalue weighted by Crippen LogP contribution is 2.43. The second-order valence-electron chi connectivity index (χ2n) is 7.93. The van der Waals surface area contributed by atoms with Crippen LogP contribution in [-0.4, -0.2) is 36.1 Å². The average Bonchev–Trinajstić information content (AvgIpc) is 3.09. The Hall–Kier alpha value is -4.06. The molecule has 1 heterocycles. The third kappa shape index (κ3) is 4.32. The van der Waals surface area contributed by atoms with Crippen LogP contribution in [0.15, 0.2) is 78.6 Å². The summed E-state index contributed by atoms with van der Waals surface area (Å²) in [5, 5.41) is 10.9. The van der Waals surface area contributed by atoms with Crippen molar-refractivity contribution in [3.8, 4) is 5.75 Å². The van der Waals surface area contributed by atoms with Crippen molar-refractivity contribution < 1.29 is 24.2 Å². The molecule has 0 saturated heterocycles. The topological polar surface area (TPSA) is 76.1 Å². The molecule has 3 aromatic carbocycles. The lowest BCUT2D eigenvalue weighted by Crippen LogP contribution is -2.29. The van der Waals surface area contributed by atoms with E-state index in [2.05, 4.69) is 0 Å². The Kier molecular flexibility index (Phi) is 6.18. The van der Waals surface area contributed by atoms with Crippen LogP contribution in [0.1, 0.15) is 38.7 Å². The minimum Gasteiger partial charge on any atom is -0.503 e. The minimum absolute atomic E-state index is 0.269. The Labute approximate surface area is 192 Å². The molecule has 168 valence electrons. The van der Waals surface area contributed by atoms with Crippen LogP contribution in [-0.2, 0) is 16.1 Å². The molecule has 1 aliphatic rings. The van der Waals surface area contributed by atoms with Crippen LogP contribution in [0.4, 0.5) is 0 Å². The van der Waals surface area contributed by atoms with E-state index in [1.165, 1.54) is 7.11 Å². The van der Waals surface area contributed by atoms with E-state index in [0.717, 1.165) is 28.0 Å². The van der Waals surface area contributed by atoms with Gasteiger partial charge in [-0.15, -0.1) is 0 Å². The molecule has 1 amide bonds. The molecule has 1 N–H and O–H groups in total. The van der Waals surface area contributed by atoms with Gasteiger partial charge in [-0.2, -0.15) is 0 Å². The highest BCUT2D eigenvalue weighted by Gasteiger charge is 2.41. The van der Waals surface area contributed by atoms with E-state index in [0.29, 0.717) is 17.7 Å². The number of esters is 1. The van der Waals surface area contributed by atoms with Crippen LogP contribution < -0.4 is 4.74 Å². The number of carbonyl (C=O) groups is 2. The fourth-order valence-corrected chi connectivity index (χ4v) is 4.04. The number of methoxy groups -OCH3 is 2. The molecule has 0 aromatic heterocycles. The summed E-state index contributed by atoms with van der Waals surface area (Å²) in [7, 11) is 2.93. The maximum Gasteiger partial charge on any atom is 0.337 e. The van der Waals surface area contributed by atoms with Crippen molar-refractivity contribution in [1.29, 1.82) is 0 Å². The smallest absolute Gasteiger partial charge is 0.337 e. The molecule has 1 unspecified atom stereocenters. The van der Waals surface area contributed by atoms with Crippen LogP contribution in [0.5, 0.6) is 5.75 Å². The molecule has 4 rings (SSSR count). The van der Waals surface area contributed by atoms with Crippen molar-refractivity contribution in [2.45, 2.75) is 19.5 Å². The lowest BCUT2D eigenvalue weighted by Gasteiger charge is -2.27. The molecule has 33 heavy (non-hydrogen) atoms. The molecule has 1 aliphatic heterocycles. The fourth-order valence-electron chi connectivity index (χ4n) is 4.04. The van der Waals surface area contributed by atoms with Crippen molar-refractivity contribution in [3.05, 3.63) is 106 Å². The summed E-state index contributed by atoms with van der Waals surface area (Å²) in [6.45, 7) is 2.28. The van der Waals surface area contributed by atoms with Crippen molar-refractivity contribution >= 4 is 17.4 Å². The van der Waals surface area contributed by atoms with Gasteiger partial charge in [0.05, 0.1) is 25.8 Å². The van der Waals surface area contributed by atoms with Crippen LogP contribution in [0.3, 0.4) is 0 Å². The molecular weight excluding hydrogens is 418 g/mol. The van der Waals surface area contributed by atoms with E-state index in [4.69, 9.17) is 9.47 Å². The maximum absolute atomic E-state index is 13.2. The summed E-state index contributed by atoms with van der Waals surface area (Å²) in [4.78, 5) is 26.7. The van der Waals surface area contributed by atoms with Crippen molar-refractivity contribution in [2.75, 3.05) is 14.2 Å². The Morgan fingerprint density at radius 2 is 1.58 bits per heavy atom. The normalized spacial score (nSPS) is 15.7. The number of benzene rings is 3. The summed E-state index contributed by atoms with van der Waals surface area (Å²) >= 11 is 0. The van der Waals surface area contributed by atoms with Gasteiger partial charge >= 0.3 is 5.97 Å². The van der Waals surface area contributed by atoms with Crippen molar-refractivity contribution in [1.82, 2.24) is 4.90 Å². The van der Waals surface area contributed by atoms with Crippen molar-refractivity contribution in [3.63, 3.8) is 0 Å². The second kappa shape index (κ2) is 9.20. The van der Waals surface area contributed by atoms with Crippen LogP contribution >= 0.6 is 0 Å². The monoisotopic (exact) mass is 443 g/mol. The summed E-state index contributed by atoms with van der Waals surface area (Å²) < 4.78 is 10.0. The van der Waals surface area contributed by atoms with Crippen LogP contribution in [0.25, 0.3) is 5.57 Å². The Morgan fingerprint density at radius 1 is 0.939 bits per heavy atom. The number of aliphatic hydroxyl groups is 1. The molecule has 0 saturated carbocycles. The van der Waals surface area contributed by atoms with Gasteiger partial charge in [-0.25, -0.2) is 4.79 Å². The first-order chi connectivity index (χ1) is 15.9. The van der Waals surface area contributed by atoms with Gasteiger partial charge in [0.2, 0.25) is 0 Å². The molecule has 6 heteroatoms. The molecule has 1 atom stereocenters.